The normalized spacial score (nSPS) is 21.6. The van der Waals surface area contributed by atoms with Crippen LogP contribution < -0.4 is 26.4 Å². The lowest BCUT2D eigenvalue weighted by atomic mass is 9.92. The van der Waals surface area contributed by atoms with Crippen LogP contribution in [-0.4, -0.2) is 66.2 Å². The predicted molar refractivity (Wildman–Crippen MR) is 133 cm³/mol. The van der Waals surface area contributed by atoms with Crippen LogP contribution in [0.2, 0.25) is 0 Å². The van der Waals surface area contributed by atoms with E-state index in [-0.39, 0.29) is 25.2 Å². The summed E-state index contributed by atoms with van der Waals surface area (Å²) < 4.78 is 18.4. The molecular formula is C25H31FN6O4. The summed E-state index contributed by atoms with van der Waals surface area (Å²) in [5.41, 5.74) is 6.88. The summed E-state index contributed by atoms with van der Waals surface area (Å²) in [4.78, 5) is 42.3. The van der Waals surface area contributed by atoms with Crippen molar-refractivity contribution in [2.24, 2.45) is 5.73 Å². The predicted octanol–water partition coefficient (Wildman–Crippen LogP) is 2.93. The molecule has 0 bridgehead atoms. The quantitative estimate of drug-likeness (QED) is 0.504. The van der Waals surface area contributed by atoms with E-state index in [1.807, 2.05) is 0 Å². The second kappa shape index (κ2) is 11.3. The molecule has 0 aromatic heterocycles. The fourth-order valence-electron chi connectivity index (χ4n) is 4.47. The number of nitrogens with two attached hydrogens (primary N) is 1. The average molecular weight is 499 g/mol. The van der Waals surface area contributed by atoms with Crippen LogP contribution in [0, 0.1) is 5.82 Å². The summed E-state index contributed by atoms with van der Waals surface area (Å²) in [6.07, 6.45) is 1.91. The first-order valence-electron chi connectivity index (χ1n) is 11.9. The number of hydrogen-bond donors (Lipinski definition) is 4. The minimum Gasteiger partial charge on any atom is -0.497 e. The van der Waals surface area contributed by atoms with Gasteiger partial charge in [-0.1, -0.05) is 0 Å². The summed E-state index contributed by atoms with van der Waals surface area (Å²) >= 11 is 0. The second-order valence-corrected chi connectivity index (χ2v) is 8.98. The van der Waals surface area contributed by atoms with Crippen LogP contribution in [0.3, 0.4) is 0 Å². The second-order valence-electron chi connectivity index (χ2n) is 8.98. The number of hydrogen-bond acceptors (Lipinski definition) is 5. The van der Waals surface area contributed by atoms with Crippen molar-refractivity contribution in [2.75, 3.05) is 30.8 Å². The molecule has 2 aliphatic rings. The highest BCUT2D eigenvalue weighted by atomic mass is 19.1. The van der Waals surface area contributed by atoms with Gasteiger partial charge in [-0.2, -0.15) is 0 Å². The first-order chi connectivity index (χ1) is 17.3. The number of methoxy groups -OCH3 is 1. The van der Waals surface area contributed by atoms with Gasteiger partial charge in [-0.15, -0.1) is 0 Å². The Bertz CT molecular complexity index is 1070. The van der Waals surface area contributed by atoms with E-state index in [9.17, 15) is 18.8 Å². The monoisotopic (exact) mass is 498 g/mol. The summed E-state index contributed by atoms with van der Waals surface area (Å²) in [6.45, 7) is 0.309. The lowest BCUT2D eigenvalue weighted by molar-refractivity contribution is -0.128. The van der Waals surface area contributed by atoms with Crippen LogP contribution in [0.4, 0.5) is 25.4 Å². The summed E-state index contributed by atoms with van der Waals surface area (Å²) in [7, 11) is 1.55. The standard InChI is InChI=1S/C25H31FN6O4/c1-36-21-12-10-20(11-13-21)30-25(35)32-15-14-31(24(34)29-19-6-2-16(26)3-7-19)23(32)22(33)28-18-8-4-17(27)5-9-18/h2-3,6-7,10-13,17-18,23H,4-5,8-9,14-15,27H2,1H3,(H,28,33)(H,29,34)(H,30,35). The van der Waals surface area contributed by atoms with Crippen LogP contribution in [-0.2, 0) is 4.79 Å². The minimum absolute atomic E-state index is 0.0774. The molecule has 2 aromatic rings. The number of nitrogens with one attached hydrogen (secondary N) is 3. The molecule has 2 fully saturated rings. The Hall–Kier alpha value is -3.86. The Labute approximate surface area is 208 Å². The first kappa shape index (κ1) is 25.2. The lowest BCUT2D eigenvalue weighted by Crippen LogP contribution is -2.57. The molecule has 5 N–H and O–H groups in total. The molecule has 1 heterocycles. The maximum atomic E-state index is 13.4. The summed E-state index contributed by atoms with van der Waals surface area (Å²) in [6, 6.07) is 11.1. The molecule has 192 valence electrons. The molecule has 36 heavy (non-hydrogen) atoms. The number of amides is 5. The van der Waals surface area contributed by atoms with Gasteiger partial charge in [-0.3, -0.25) is 14.6 Å². The molecule has 11 heteroatoms. The van der Waals surface area contributed by atoms with Gasteiger partial charge >= 0.3 is 12.1 Å². The Morgan fingerprint density at radius 1 is 0.861 bits per heavy atom. The molecule has 2 aromatic carbocycles. The Kier molecular flexibility index (Phi) is 7.89. The van der Waals surface area contributed by atoms with E-state index in [2.05, 4.69) is 16.0 Å². The van der Waals surface area contributed by atoms with Gasteiger partial charge in [-0.05, 0) is 74.2 Å². The van der Waals surface area contributed by atoms with Gasteiger partial charge in [-0.25, -0.2) is 14.0 Å². The van der Waals surface area contributed by atoms with Gasteiger partial charge in [0, 0.05) is 36.5 Å². The molecule has 1 aliphatic heterocycles. The topological polar surface area (TPSA) is 129 Å². The van der Waals surface area contributed by atoms with Crippen molar-refractivity contribution in [3.05, 3.63) is 54.3 Å². The fourth-order valence-corrected chi connectivity index (χ4v) is 4.47. The Balaban J connectivity index is 1.50. The van der Waals surface area contributed by atoms with Crippen molar-refractivity contribution in [2.45, 2.75) is 43.9 Å². The molecule has 10 nitrogen and oxygen atoms in total. The zero-order chi connectivity index (χ0) is 25.7. The minimum atomic E-state index is -1.15. The van der Waals surface area contributed by atoms with Crippen LogP contribution in [0.5, 0.6) is 5.75 Å². The Morgan fingerprint density at radius 3 is 1.86 bits per heavy atom. The lowest BCUT2D eigenvalue weighted by Gasteiger charge is -2.32. The van der Waals surface area contributed by atoms with Gasteiger partial charge in [0.1, 0.15) is 11.6 Å². The van der Waals surface area contributed by atoms with E-state index >= 15 is 0 Å². The molecule has 5 amide bonds. The molecule has 1 atom stereocenters. The third-order valence-corrected chi connectivity index (χ3v) is 6.48. The van der Waals surface area contributed by atoms with Gasteiger partial charge in [0.15, 0.2) is 6.17 Å². The van der Waals surface area contributed by atoms with Crippen molar-refractivity contribution < 1.29 is 23.5 Å². The van der Waals surface area contributed by atoms with Crippen molar-refractivity contribution >= 4 is 29.3 Å². The van der Waals surface area contributed by atoms with Crippen molar-refractivity contribution in [3.63, 3.8) is 0 Å². The van der Waals surface area contributed by atoms with Crippen molar-refractivity contribution in [3.8, 4) is 5.75 Å². The molecule has 1 saturated heterocycles. The van der Waals surface area contributed by atoms with Crippen LogP contribution in [0.25, 0.3) is 0 Å². The fraction of sp³-hybridized carbons (Fsp3) is 0.400. The van der Waals surface area contributed by atoms with Gasteiger partial charge < -0.3 is 26.4 Å². The third-order valence-electron chi connectivity index (χ3n) is 6.48. The average Bonchev–Trinajstić information content (AvgIpc) is 3.33. The van der Waals surface area contributed by atoms with E-state index in [0.717, 1.165) is 25.7 Å². The molecule has 1 unspecified atom stereocenters. The molecule has 4 rings (SSSR count). The third kappa shape index (κ3) is 6.03. The van der Waals surface area contributed by atoms with Crippen LogP contribution >= 0.6 is 0 Å². The number of ether oxygens (including phenoxy) is 1. The smallest absolute Gasteiger partial charge is 0.323 e. The van der Waals surface area contributed by atoms with Crippen molar-refractivity contribution in [1.29, 1.82) is 0 Å². The SMILES string of the molecule is COc1ccc(NC(=O)N2CCN(C(=O)Nc3ccc(F)cc3)C2C(=O)NC2CCC(N)CC2)cc1. The maximum Gasteiger partial charge on any atom is 0.323 e. The summed E-state index contributed by atoms with van der Waals surface area (Å²) in [5.74, 6) is -0.227. The summed E-state index contributed by atoms with van der Waals surface area (Å²) in [5, 5.41) is 8.46. The van der Waals surface area contributed by atoms with Gasteiger partial charge in [0.2, 0.25) is 0 Å². The van der Waals surface area contributed by atoms with E-state index in [1.165, 1.54) is 34.1 Å². The number of carbonyl (C=O) groups is 3. The number of carbonyl (C=O) groups excluding carboxylic acids is 3. The van der Waals surface area contributed by atoms with Gasteiger partial charge in [0.25, 0.3) is 5.91 Å². The number of nitrogens with zero attached hydrogens (tertiary/aromatic N) is 2. The highest BCUT2D eigenvalue weighted by molar-refractivity contribution is 5.98. The van der Waals surface area contributed by atoms with E-state index in [0.29, 0.717) is 17.1 Å². The molecule has 1 saturated carbocycles. The zero-order valence-corrected chi connectivity index (χ0v) is 20.1. The van der Waals surface area contributed by atoms with Crippen LogP contribution in [0.15, 0.2) is 48.5 Å². The van der Waals surface area contributed by atoms with E-state index in [4.69, 9.17) is 10.5 Å². The highest BCUT2D eigenvalue weighted by Gasteiger charge is 2.43. The number of anilines is 2. The number of halogens is 1. The molecular weight excluding hydrogens is 467 g/mol. The molecule has 0 spiro atoms. The highest BCUT2D eigenvalue weighted by Crippen LogP contribution is 2.23. The van der Waals surface area contributed by atoms with E-state index in [1.54, 1.807) is 31.4 Å². The molecule has 1 aliphatic carbocycles. The van der Waals surface area contributed by atoms with Gasteiger partial charge in [0.05, 0.1) is 7.11 Å². The van der Waals surface area contributed by atoms with Crippen molar-refractivity contribution in [1.82, 2.24) is 15.1 Å². The number of benzene rings is 2. The van der Waals surface area contributed by atoms with Crippen LogP contribution in [0.1, 0.15) is 25.7 Å². The zero-order valence-electron chi connectivity index (χ0n) is 20.1. The maximum absolute atomic E-state index is 13.4. The first-order valence-corrected chi connectivity index (χ1v) is 11.9. The van der Waals surface area contributed by atoms with E-state index < -0.39 is 30.0 Å². The molecule has 0 radical (unpaired) electrons. The number of rotatable bonds is 5. The Morgan fingerprint density at radius 2 is 1.36 bits per heavy atom. The number of urea groups is 2. The largest absolute Gasteiger partial charge is 0.497 e.